The maximum absolute atomic E-state index is 5.95. The molecule has 1 aromatic heterocycles. The zero-order valence-electron chi connectivity index (χ0n) is 9.89. The van der Waals surface area contributed by atoms with E-state index in [1.807, 2.05) is 0 Å². The zero-order chi connectivity index (χ0) is 11.5. The van der Waals surface area contributed by atoms with Crippen molar-refractivity contribution in [2.45, 2.75) is 52.0 Å². The lowest BCUT2D eigenvalue weighted by atomic mass is 9.96. The van der Waals surface area contributed by atoms with Crippen LogP contribution in [0.5, 0.6) is 0 Å². The van der Waals surface area contributed by atoms with Gasteiger partial charge in [0.2, 0.25) is 5.28 Å². The molecule has 0 radical (unpaired) electrons. The van der Waals surface area contributed by atoms with Gasteiger partial charge in [0.15, 0.2) is 0 Å². The molecule has 1 aliphatic carbocycles. The van der Waals surface area contributed by atoms with Crippen LogP contribution in [0.25, 0.3) is 0 Å². The number of nitrogens with one attached hydrogen (secondary N) is 1. The highest BCUT2D eigenvalue weighted by molar-refractivity contribution is 6.28. The molecule has 1 heterocycles. The van der Waals surface area contributed by atoms with Gasteiger partial charge in [0, 0.05) is 11.6 Å². The average molecular weight is 240 g/mol. The van der Waals surface area contributed by atoms with Crippen LogP contribution in [0.15, 0.2) is 0 Å². The van der Waals surface area contributed by atoms with Crippen LogP contribution in [-0.4, -0.2) is 16.0 Å². The number of nitrogens with zero attached hydrogens (tertiary/aromatic N) is 2. The van der Waals surface area contributed by atoms with Gasteiger partial charge in [0.05, 0.1) is 5.69 Å². The van der Waals surface area contributed by atoms with Crippen molar-refractivity contribution >= 4 is 17.4 Å². The minimum atomic E-state index is 0.367. The van der Waals surface area contributed by atoms with E-state index in [1.54, 1.807) is 0 Å². The normalized spacial score (nSPS) is 16.7. The van der Waals surface area contributed by atoms with Gasteiger partial charge in [-0.2, -0.15) is 0 Å². The minimum absolute atomic E-state index is 0.367. The van der Waals surface area contributed by atoms with Gasteiger partial charge in [-0.1, -0.05) is 6.92 Å². The van der Waals surface area contributed by atoms with Crippen molar-refractivity contribution in [3.63, 3.8) is 0 Å². The smallest absolute Gasteiger partial charge is 0.224 e. The molecule has 0 amide bonds. The van der Waals surface area contributed by atoms with E-state index in [0.717, 1.165) is 30.8 Å². The topological polar surface area (TPSA) is 37.8 Å². The molecule has 0 saturated carbocycles. The van der Waals surface area contributed by atoms with Crippen molar-refractivity contribution < 1.29 is 0 Å². The fraction of sp³-hybridized carbons (Fsp3) is 0.667. The summed E-state index contributed by atoms with van der Waals surface area (Å²) < 4.78 is 0. The predicted molar refractivity (Wildman–Crippen MR) is 67.1 cm³/mol. The third-order valence-corrected chi connectivity index (χ3v) is 3.32. The van der Waals surface area contributed by atoms with Crippen LogP contribution in [0.1, 0.15) is 44.4 Å². The van der Waals surface area contributed by atoms with E-state index >= 15 is 0 Å². The van der Waals surface area contributed by atoms with E-state index in [2.05, 4.69) is 29.1 Å². The molecule has 0 bridgehead atoms. The van der Waals surface area contributed by atoms with Crippen LogP contribution < -0.4 is 5.32 Å². The fourth-order valence-electron chi connectivity index (χ4n) is 2.02. The third-order valence-electron chi connectivity index (χ3n) is 3.15. The third kappa shape index (κ3) is 2.46. The van der Waals surface area contributed by atoms with Crippen LogP contribution in [0, 0.1) is 0 Å². The highest BCUT2D eigenvalue weighted by Gasteiger charge is 2.17. The lowest BCUT2D eigenvalue weighted by Crippen LogP contribution is -2.19. The van der Waals surface area contributed by atoms with E-state index < -0.39 is 0 Å². The van der Waals surface area contributed by atoms with Crippen LogP contribution in [0.3, 0.4) is 0 Å². The molecule has 1 aromatic rings. The fourth-order valence-corrected chi connectivity index (χ4v) is 2.21. The second kappa shape index (κ2) is 5.00. The maximum atomic E-state index is 5.95. The molecule has 1 N–H and O–H groups in total. The molecule has 1 unspecified atom stereocenters. The summed E-state index contributed by atoms with van der Waals surface area (Å²) in [4.78, 5) is 8.64. The molecule has 4 heteroatoms. The Hall–Kier alpha value is -0.830. The molecule has 3 nitrogen and oxygen atoms in total. The number of hydrogen-bond acceptors (Lipinski definition) is 3. The Morgan fingerprint density at radius 1 is 1.31 bits per heavy atom. The molecule has 0 aromatic carbocycles. The van der Waals surface area contributed by atoms with Gasteiger partial charge in [-0.25, -0.2) is 9.97 Å². The summed E-state index contributed by atoms with van der Waals surface area (Å²) in [5.41, 5.74) is 2.41. The van der Waals surface area contributed by atoms with Gasteiger partial charge in [0.1, 0.15) is 5.82 Å². The summed E-state index contributed by atoms with van der Waals surface area (Å²) in [5.74, 6) is 0.948. The van der Waals surface area contributed by atoms with E-state index in [4.69, 9.17) is 11.6 Å². The lowest BCUT2D eigenvalue weighted by Gasteiger charge is -2.21. The molecule has 0 spiro atoms. The Bertz CT molecular complexity index is 379. The molecule has 2 rings (SSSR count). The predicted octanol–water partition coefficient (Wildman–Crippen LogP) is 3.22. The Labute approximate surface area is 102 Å². The van der Waals surface area contributed by atoms with E-state index in [1.165, 1.54) is 18.4 Å². The number of anilines is 1. The van der Waals surface area contributed by atoms with Crippen molar-refractivity contribution in [3.8, 4) is 0 Å². The van der Waals surface area contributed by atoms with Crippen LogP contribution in [-0.2, 0) is 12.8 Å². The summed E-state index contributed by atoms with van der Waals surface area (Å²) in [6.07, 6.45) is 5.63. The summed E-state index contributed by atoms with van der Waals surface area (Å²) in [7, 11) is 0. The van der Waals surface area contributed by atoms with Gasteiger partial charge >= 0.3 is 0 Å². The first kappa shape index (κ1) is 11.6. The summed E-state index contributed by atoms with van der Waals surface area (Å²) in [5, 5.41) is 3.79. The second-order valence-corrected chi connectivity index (χ2v) is 4.77. The molecule has 0 aliphatic heterocycles. The Morgan fingerprint density at radius 3 is 2.81 bits per heavy atom. The van der Waals surface area contributed by atoms with Crippen LogP contribution in [0.2, 0.25) is 5.28 Å². The van der Waals surface area contributed by atoms with Gasteiger partial charge in [-0.15, -0.1) is 0 Å². The molecule has 0 saturated heterocycles. The van der Waals surface area contributed by atoms with Crippen molar-refractivity contribution in [2.75, 3.05) is 5.32 Å². The number of halogens is 1. The standard InChI is InChI=1S/C12H18ClN3/c1-3-8(2)14-11-9-6-4-5-7-10(9)15-12(13)16-11/h8H,3-7H2,1-2H3,(H,14,15,16). The van der Waals surface area contributed by atoms with Crippen molar-refractivity contribution in [1.29, 1.82) is 0 Å². The maximum Gasteiger partial charge on any atom is 0.224 e. The van der Waals surface area contributed by atoms with Gasteiger partial charge in [-0.05, 0) is 50.6 Å². The number of fused-ring (bicyclic) bond motifs is 1. The lowest BCUT2D eigenvalue weighted by molar-refractivity contribution is 0.659. The molecule has 88 valence electrons. The van der Waals surface area contributed by atoms with Crippen LogP contribution >= 0.6 is 11.6 Å². The molecule has 1 atom stereocenters. The second-order valence-electron chi connectivity index (χ2n) is 4.43. The number of aryl methyl sites for hydroxylation is 1. The number of rotatable bonds is 3. The first-order chi connectivity index (χ1) is 7.70. The summed E-state index contributed by atoms with van der Waals surface area (Å²) in [6.45, 7) is 4.32. The van der Waals surface area contributed by atoms with Crippen molar-refractivity contribution in [3.05, 3.63) is 16.5 Å². The Morgan fingerprint density at radius 2 is 2.06 bits per heavy atom. The molecule has 1 aliphatic rings. The summed E-state index contributed by atoms with van der Waals surface area (Å²) in [6, 6.07) is 0.428. The molecular weight excluding hydrogens is 222 g/mol. The average Bonchev–Trinajstić information content (AvgIpc) is 2.28. The Balaban J connectivity index is 2.31. The first-order valence-electron chi connectivity index (χ1n) is 6.02. The zero-order valence-corrected chi connectivity index (χ0v) is 10.6. The van der Waals surface area contributed by atoms with Crippen LogP contribution in [0.4, 0.5) is 5.82 Å². The SMILES string of the molecule is CCC(C)Nc1nc(Cl)nc2c1CCCC2. The van der Waals surface area contributed by atoms with E-state index in [0.29, 0.717) is 11.3 Å². The largest absolute Gasteiger partial charge is 0.367 e. The highest BCUT2D eigenvalue weighted by atomic mass is 35.5. The first-order valence-corrected chi connectivity index (χ1v) is 6.40. The Kier molecular flexibility index (Phi) is 3.64. The van der Waals surface area contributed by atoms with E-state index in [-0.39, 0.29) is 0 Å². The highest BCUT2D eigenvalue weighted by Crippen LogP contribution is 2.27. The van der Waals surface area contributed by atoms with Crippen molar-refractivity contribution in [2.24, 2.45) is 0 Å². The van der Waals surface area contributed by atoms with Crippen molar-refractivity contribution in [1.82, 2.24) is 9.97 Å². The molecular formula is C12H18ClN3. The van der Waals surface area contributed by atoms with Gasteiger partial charge in [0.25, 0.3) is 0 Å². The number of aromatic nitrogens is 2. The monoisotopic (exact) mass is 239 g/mol. The quantitative estimate of drug-likeness (QED) is 0.823. The number of hydrogen-bond donors (Lipinski definition) is 1. The van der Waals surface area contributed by atoms with Gasteiger partial charge in [-0.3, -0.25) is 0 Å². The van der Waals surface area contributed by atoms with Gasteiger partial charge < -0.3 is 5.32 Å². The molecule has 0 fully saturated rings. The minimum Gasteiger partial charge on any atom is -0.367 e. The summed E-state index contributed by atoms with van der Waals surface area (Å²) >= 11 is 5.95. The van der Waals surface area contributed by atoms with E-state index in [9.17, 15) is 0 Å². The molecule has 16 heavy (non-hydrogen) atoms.